The summed E-state index contributed by atoms with van der Waals surface area (Å²) >= 11 is 1.40. The number of hydrogen-bond acceptors (Lipinski definition) is 5. The summed E-state index contributed by atoms with van der Waals surface area (Å²) < 4.78 is 3.24. The molecule has 0 atom stereocenters. The van der Waals surface area contributed by atoms with Crippen molar-refractivity contribution in [1.29, 1.82) is 0 Å². The molecule has 0 saturated heterocycles. The highest BCUT2D eigenvalue weighted by Crippen LogP contribution is 2.27. The Morgan fingerprint density at radius 3 is 2.50 bits per heavy atom. The Morgan fingerprint density at radius 2 is 2.00 bits per heavy atom. The number of benzene rings is 1. The number of nitro groups is 1. The molecule has 5 nitrogen and oxygen atoms in total. The average molecular weight is 295 g/mol. The van der Waals surface area contributed by atoms with Gasteiger partial charge >= 0.3 is 0 Å². The predicted molar refractivity (Wildman–Crippen MR) is 84.6 cm³/mol. The molecule has 0 unspecified atom stereocenters. The second-order valence-electron chi connectivity index (χ2n) is 5.71. The Hall–Kier alpha value is -1.53. The molecule has 1 aromatic carbocycles. The fraction of sp³-hybridized carbons (Fsp3) is 0.429. The third-order valence-electron chi connectivity index (χ3n) is 2.23. The molecular formula is C14H21N3O2S. The van der Waals surface area contributed by atoms with Crippen LogP contribution in [-0.2, 0) is 0 Å². The molecule has 0 aliphatic heterocycles. The van der Waals surface area contributed by atoms with Crippen LogP contribution in [0.15, 0.2) is 29.3 Å². The van der Waals surface area contributed by atoms with E-state index in [1.165, 1.54) is 11.9 Å². The molecule has 0 saturated carbocycles. The highest BCUT2D eigenvalue weighted by Gasteiger charge is 2.15. The minimum atomic E-state index is -0.351. The molecule has 0 radical (unpaired) electrons. The van der Waals surface area contributed by atoms with Crippen molar-refractivity contribution in [2.24, 2.45) is 0 Å². The quantitative estimate of drug-likeness (QED) is 0.511. The maximum Gasteiger partial charge on any atom is 0.277 e. The number of rotatable bonds is 5. The zero-order chi connectivity index (χ0) is 15.3. The minimum absolute atomic E-state index is 0.0526. The lowest BCUT2D eigenvalue weighted by atomic mass is 10.1. The zero-order valence-corrected chi connectivity index (χ0v) is 13.3. The van der Waals surface area contributed by atoms with Crippen molar-refractivity contribution < 1.29 is 4.92 Å². The monoisotopic (exact) mass is 295 g/mol. The van der Waals surface area contributed by atoms with E-state index in [1.54, 1.807) is 24.4 Å². The summed E-state index contributed by atoms with van der Waals surface area (Å²) in [6.07, 6.45) is 3.53. The van der Waals surface area contributed by atoms with Crippen molar-refractivity contribution in [3.05, 3.63) is 40.1 Å². The Labute approximate surface area is 124 Å². The van der Waals surface area contributed by atoms with Gasteiger partial charge < -0.3 is 4.90 Å². The van der Waals surface area contributed by atoms with Gasteiger partial charge in [0.15, 0.2) is 0 Å². The van der Waals surface area contributed by atoms with Crippen LogP contribution in [0.2, 0.25) is 0 Å². The van der Waals surface area contributed by atoms with Crippen LogP contribution >= 0.6 is 11.9 Å². The molecule has 0 aromatic heterocycles. The Bertz CT molecular complexity index is 508. The van der Waals surface area contributed by atoms with Gasteiger partial charge in [-0.3, -0.25) is 14.8 Å². The Kier molecular flexibility index (Phi) is 5.59. The molecule has 1 N–H and O–H groups in total. The highest BCUT2D eigenvalue weighted by atomic mass is 32.2. The first-order chi connectivity index (χ1) is 9.19. The number of hydrogen-bond donors (Lipinski definition) is 1. The van der Waals surface area contributed by atoms with Crippen molar-refractivity contribution in [1.82, 2.24) is 9.62 Å². The van der Waals surface area contributed by atoms with Gasteiger partial charge in [0.1, 0.15) is 0 Å². The first-order valence-corrected chi connectivity index (χ1v) is 7.08. The van der Waals surface area contributed by atoms with Crippen LogP contribution in [0.25, 0.3) is 6.08 Å². The van der Waals surface area contributed by atoms with E-state index in [2.05, 4.69) is 4.72 Å². The van der Waals surface area contributed by atoms with Crippen molar-refractivity contribution >= 4 is 23.7 Å². The predicted octanol–water partition coefficient (Wildman–Crippen LogP) is 3.52. The maximum atomic E-state index is 11.1. The van der Waals surface area contributed by atoms with Crippen LogP contribution in [0.3, 0.4) is 0 Å². The summed E-state index contributed by atoms with van der Waals surface area (Å²) in [6.45, 7) is 6.13. The molecule has 20 heavy (non-hydrogen) atoms. The molecule has 0 amide bonds. The fourth-order valence-corrected chi connectivity index (χ4v) is 2.06. The van der Waals surface area contributed by atoms with Crippen LogP contribution in [0.5, 0.6) is 0 Å². The maximum absolute atomic E-state index is 11.1. The van der Waals surface area contributed by atoms with E-state index < -0.39 is 0 Å². The standard InChI is InChI=1S/C14H21N3O2S/c1-14(2,3)15-20-12-7-6-11(8-9-16(4)5)13(10-12)17(18)19/h6-10,15H,1-5H3/b9-8+. The van der Waals surface area contributed by atoms with Crippen molar-refractivity contribution in [2.45, 2.75) is 31.2 Å². The zero-order valence-electron chi connectivity index (χ0n) is 12.5. The number of nitrogens with zero attached hydrogens (tertiary/aromatic N) is 2. The lowest BCUT2D eigenvalue weighted by molar-refractivity contribution is -0.385. The van der Waals surface area contributed by atoms with E-state index in [9.17, 15) is 10.1 Å². The lowest BCUT2D eigenvalue weighted by Gasteiger charge is -2.19. The first-order valence-electron chi connectivity index (χ1n) is 6.26. The molecular weight excluding hydrogens is 274 g/mol. The third-order valence-corrected chi connectivity index (χ3v) is 3.43. The van der Waals surface area contributed by atoms with Gasteiger partial charge in [0, 0.05) is 30.6 Å². The summed E-state index contributed by atoms with van der Waals surface area (Å²) in [5.41, 5.74) is 0.663. The second-order valence-corrected chi connectivity index (χ2v) is 6.59. The third kappa shape index (κ3) is 5.63. The van der Waals surface area contributed by atoms with Gasteiger partial charge in [-0.05, 0) is 57.1 Å². The van der Waals surface area contributed by atoms with Gasteiger partial charge in [0.2, 0.25) is 0 Å². The van der Waals surface area contributed by atoms with E-state index in [4.69, 9.17) is 0 Å². The molecule has 0 bridgehead atoms. The van der Waals surface area contributed by atoms with Gasteiger partial charge in [0.25, 0.3) is 5.69 Å². The topological polar surface area (TPSA) is 58.4 Å². The summed E-state index contributed by atoms with van der Waals surface area (Å²) in [5.74, 6) is 0. The average Bonchev–Trinajstić information content (AvgIpc) is 2.33. The van der Waals surface area contributed by atoms with Crippen molar-refractivity contribution in [3.8, 4) is 0 Å². The molecule has 0 aliphatic rings. The number of nitro benzene ring substituents is 1. The van der Waals surface area contributed by atoms with Gasteiger partial charge in [-0.15, -0.1) is 0 Å². The van der Waals surface area contributed by atoms with Crippen LogP contribution in [0.1, 0.15) is 26.3 Å². The van der Waals surface area contributed by atoms with Crippen molar-refractivity contribution in [3.63, 3.8) is 0 Å². The minimum Gasteiger partial charge on any atom is -0.383 e. The van der Waals surface area contributed by atoms with Crippen LogP contribution in [0.4, 0.5) is 5.69 Å². The summed E-state index contributed by atoms with van der Waals surface area (Å²) in [4.78, 5) is 13.5. The number of nitrogens with one attached hydrogen (secondary N) is 1. The lowest BCUT2D eigenvalue weighted by Crippen LogP contribution is -2.29. The normalized spacial score (nSPS) is 11.8. The first kappa shape index (κ1) is 16.5. The largest absolute Gasteiger partial charge is 0.383 e. The van der Waals surface area contributed by atoms with E-state index in [-0.39, 0.29) is 16.1 Å². The van der Waals surface area contributed by atoms with Gasteiger partial charge in [-0.2, -0.15) is 0 Å². The molecule has 1 rings (SSSR count). The molecule has 0 aliphatic carbocycles. The fourth-order valence-electron chi connectivity index (χ4n) is 1.33. The van der Waals surface area contributed by atoms with Crippen LogP contribution < -0.4 is 4.72 Å². The molecule has 0 heterocycles. The van der Waals surface area contributed by atoms with Gasteiger partial charge in [0.05, 0.1) is 10.5 Å². The molecule has 6 heteroatoms. The summed E-state index contributed by atoms with van der Waals surface area (Å²) in [5, 5.41) is 11.1. The summed E-state index contributed by atoms with van der Waals surface area (Å²) in [7, 11) is 3.75. The van der Waals surface area contributed by atoms with E-state index >= 15 is 0 Å². The second kappa shape index (κ2) is 6.76. The highest BCUT2D eigenvalue weighted by molar-refractivity contribution is 7.97. The van der Waals surface area contributed by atoms with Gasteiger partial charge in [-0.25, -0.2) is 0 Å². The molecule has 110 valence electrons. The van der Waals surface area contributed by atoms with E-state index in [0.717, 1.165) is 4.90 Å². The van der Waals surface area contributed by atoms with E-state index in [1.807, 2.05) is 45.8 Å². The SMILES string of the molecule is CN(C)/C=C/c1ccc(SNC(C)(C)C)cc1[N+](=O)[O-]. The van der Waals surface area contributed by atoms with Gasteiger partial charge in [-0.1, -0.05) is 0 Å². The smallest absolute Gasteiger partial charge is 0.277 e. The van der Waals surface area contributed by atoms with Crippen molar-refractivity contribution in [2.75, 3.05) is 14.1 Å². The molecule has 0 fully saturated rings. The molecule has 1 aromatic rings. The Balaban J connectivity index is 2.98. The Morgan fingerprint density at radius 1 is 1.35 bits per heavy atom. The van der Waals surface area contributed by atoms with Crippen LogP contribution in [-0.4, -0.2) is 29.5 Å². The molecule has 0 spiro atoms. The van der Waals surface area contributed by atoms with Crippen LogP contribution in [0, 0.1) is 10.1 Å². The summed E-state index contributed by atoms with van der Waals surface area (Å²) in [6, 6.07) is 5.25. The van der Waals surface area contributed by atoms with E-state index in [0.29, 0.717) is 5.56 Å².